The van der Waals surface area contributed by atoms with E-state index in [4.69, 9.17) is 9.47 Å². The predicted molar refractivity (Wildman–Crippen MR) is 125 cm³/mol. The molecular weight excluding hydrogens is 402 g/mol. The van der Waals surface area contributed by atoms with Gasteiger partial charge in [0.15, 0.2) is 0 Å². The smallest absolute Gasteiger partial charge is 0.149 e. The molecule has 0 aliphatic heterocycles. The molecule has 7 nitrogen and oxygen atoms in total. The Morgan fingerprint density at radius 1 is 1.00 bits per heavy atom. The highest BCUT2D eigenvalue weighted by atomic mass is 16.5. The molecule has 0 fully saturated rings. The van der Waals surface area contributed by atoms with Crippen molar-refractivity contribution in [1.29, 1.82) is 0 Å². The largest absolute Gasteiger partial charge is 0.495 e. The summed E-state index contributed by atoms with van der Waals surface area (Å²) in [4.78, 5) is 4.29. The van der Waals surface area contributed by atoms with E-state index in [1.807, 2.05) is 66.2 Å². The first-order chi connectivity index (χ1) is 15.7. The molecule has 0 saturated heterocycles. The fraction of sp³-hybridized carbons (Fsp3) is 0.240. The van der Waals surface area contributed by atoms with Crippen LogP contribution >= 0.6 is 0 Å². The lowest BCUT2D eigenvalue weighted by molar-refractivity contribution is 0.190. The molecule has 1 atom stereocenters. The molecule has 164 valence electrons. The lowest BCUT2D eigenvalue weighted by Gasteiger charge is -2.19. The average Bonchev–Trinajstić information content (AvgIpc) is 3.28. The second-order valence-corrected chi connectivity index (χ2v) is 7.50. The van der Waals surface area contributed by atoms with Crippen LogP contribution in [0, 0.1) is 6.92 Å². The Bertz CT molecular complexity index is 1140. The molecule has 2 heterocycles. The van der Waals surface area contributed by atoms with Gasteiger partial charge in [-0.3, -0.25) is 0 Å². The van der Waals surface area contributed by atoms with Gasteiger partial charge < -0.3 is 19.4 Å². The summed E-state index contributed by atoms with van der Waals surface area (Å²) in [7, 11) is 3.37. The van der Waals surface area contributed by atoms with Crippen molar-refractivity contribution in [2.45, 2.75) is 19.4 Å². The maximum atomic E-state index is 5.61. The third-order valence-electron chi connectivity index (χ3n) is 5.26. The van der Waals surface area contributed by atoms with Gasteiger partial charge in [-0.25, -0.2) is 4.98 Å². The normalized spacial score (nSPS) is 11.8. The highest BCUT2D eigenvalue weighted by Gasteiger charge is 2.13. The molecule has 0 saturated carbocycles. The lowest BCUT2D eigenvalue weighted by Crippen LogP contribution is -2.14. The average molecular weight is 430 g/mol. The first kappa shape index (κ1) is 21.5. The van der Waals surface area contributed by atoms with Crippen LogP contribution < -0.4 is 10.1 Å². The molecule has 4 aromatic rings. The van der Waals surface area contributed by atoms with Gasteiger partial charge in [0.1, 0.15) is 11.6 Å². The van der Waals surface area contributed by atoms with Crippen LogP contribution in [0.4, 0.5) is 5.82 Å². The summed E-state index contributed by atoms with van der Waals surface area (Å²) in [5.74, 6) is 1.46. The van der Waals surface area contributed by atoms with Crippen molar-refractivity contribution >= 4 is 5.82 Å². The molecule has 0 radical (unpaired) electrons. The number of nitrogens with one attached hydrogen (secondary N) is 1. The van der Waals surface area contributed by atoms with Gasteiger partial charge in [-0.2, -0.15) is 0 Å². The van der Waals surface area contributed by atoms with E-state index >= 15 is 0 Å². The Morgan fingerprint density at radius 3 is 2.50 bits per heavy atom. The van der Waals surface area contributed by atoms with Crippen LogP contribution in [0.3, 0.4) is 0 Å². The van der Waals surface area contributed by atoms with E-state index in [-0.39, 0.29) is 6.04 Å². The Balaban J connectivity index is 1.54. The van der Waals surface area contributed by atoms with Crippen LogP contribution in [0.15, 0.2) is 73.2 Å². The van der Waals surface area contributed by atoms with Crippen LogP contribution in [0.1, 0.15) is 23.7 Å². The molecule has 0 aliphatic rings. The monoisotopic (exact) mass is 429 g/mol. The Morgan fingerprint density at radius 2 is 1.84 bits per heavy atom. The number of methoxy groups -OCH3 is 2. The van der Waals surface area contributed by atoms with Crippen molar-refractivity contribution in [1.82, 2.24) is 19.7 Å². The van der Waals surface area contributed by atoms with Crippen LogP contribution in [-0.2, 0) is 4.74 Å². The Kier molecular flexibility index (Phi) is 6.77. The van der Waals surface area contributed by atoms with Gasteiger partial charge in [-0.15, -0.1) is 10.2 Å². The van der Waals surface area contributed by atoms with E-state index < -0.39 is 0 Å². The number of nitrogens with zero attached hydrogens (tertiary/aromatic N) is 4. The Hall–Kier alpha value is -3.71. The van der Waals surface area contributed by atoms with Gasteiger partial charge in [-0.1, -0.05) is 36.4 Å². The van der Waals surface area contributed by atoms with Crippen molar-refractivity contribution in [3.63, 3.8) is 0 Å². The fourth-order valence-electron chi connectivity index (χ4n) is 3.59. The summed E-state index contributed by atoms with van der Waals surface area (Å²) in [6.45, 7) is 2.61. The van der Waals surface area contributed by atoms with E-state index in [9.17, 15) is 0 Å². The topological polar surface area (TPSA) is 74.1 Å². The second-order valence-electron chi connectivity index (χ2n) is 7.50. The molecule has 0 bridgehead atoms. The molecule has 2 aromatic carbocycles. The molecule has 0 spiro atoms. The number of ether oxygens (including phenoxy) is 2. The zero-order valence-corrected chi connectivity index (χ0v) is 18.5. The molecule has 0 aliphatic carbocycles. The van der Waals surface area contributed by atoms with E-state index in [0.29, 0.717) is 6.61 Å². The standard InChI is InChI=1S/C25H27N5O2/c1-18-16-30(17-26-18)23-11-9-20(15-24(23)32-3)22-10-12-25(29-28-22)27-21(13-14-31-2)19-7-5-4-6-8-19/h4-12,15-17,21H,13-14H2,1-3H3,(H,27,29)/t21-/m0/s1. The minimum absolute atomic E-state index is 0.0920. The van der Waals surface area contributed by atoms with Gasteiger partial charge in [0.05, 0.1) is 36.6 Å². The summed E-state index contributed by atoms with van der Waals surface area (Å²) in [6, 6.07) is 20.3. The first-order valence-corrected chi connectivity index (χ1v) is 10.5. The quantitative estimate of drug-likeness (QED) is 0.411. The molecular formula is C25H27N5O2. The van der Waals surface area contributed by atoms with E-state index in [2.05, 4.69) is 32.6 Å². The van der Waals surface area contributed by atoms with E-state index in [1.165, 1.54) is 5.56 Å². The summed E-state index contributed by atoms with van der Waals surface area (Å²) in [5, 5.41) is 12.3. The zero-order chi connectivity index (χ0) is 22.3. The number of hydrogen-bond donors (Lipinski definition) is 1. The summed E-state index contributed by atoms with van der Waals surface area (Å²) < 4.78 is 12.8. The van der Waals surface area contributed by atoms with Crippen LogP contribution in [-0.4, -0.2) is 40.6 Å². The van der Waals surface area contributed by atoms with Crippen molar-refractivity contribution in [3.8, 4) is 22.7 Å². The third-order valence-corrected chi connectivity index (χ3v) is 5.26. The molecule has 32 heavy (non-hydrogen) atoms. The number of rotatable bonds is 9. The number of aromatic nitrogens is 4. The maximum absolute atomic E-state index is 5.61. The fourth-order valence-corrected chi connectivity index (χ4v) is 3.59. The minimum Gasteiger partial charge on any atom is -0.495 e. The van der Waals surface area contributed by atoms with Crippen molar-refractivity contribution < 1.29 is 9.47 Å². The molecule has 4 rings (SSSR count). The van der Waals surface area contributed by atoms with Crippen molar-refractivity contribution in [3.05, 3.63) is 84.4 Å². The zero-order valence-electron chi connectivity index (χ0n) is 18.5. The predicted octanol–water partition coefficient (Wildman–Crippen LogP) is 4.84. The number of anilines is 1. The maximum Gasteiger partial charge on any atom is 0.149 e. The summed E-state index contributed by atoms with van der Waals surface area (Å²) in [5.41, 5.74) is 4.76. The number of aryl methyl sites for hydroxylation is 1. The molecule has 0 amide bonds. The number of imidazole rings is 1. The second kappa shape index (κ2) is 10.1. The van der Waals surface area contributed by atoms with Gasteiger partial charge in [-0.05, 0) is 43.2 Å². The van der Waals surface area contributed by atoms with Crippen LogP contribution in [0.5, 0.6) is 5.75 Å². The lowest BCUT2D eigenvalue weighted by atomic mass is 10.0. The first-order valence-electron chi connectivity index (χ1n) is 10.5. The number of benzene rings is 2. The highest BCUT2D eigenvalue weighted by Crippen LogP contribution is 2.29. The summed E-state index contributed by atoms with van der Waals surface area (Å²) >= 11 is 0. The van der Waals surface area contributed by atoms with Gasteiger partial charge in [0.25, 0.3) is 0 Å². The molecule has 7 heteroatoms. The van der Waals surface area contributed by atoms with Gasteiger partial charge in [0, 0.05) is 25.5 Å². The third kappa shape index (κ3) is 4.95. The molecule has 0 unspecified atom stereocenters. The van der Waals surface area contributed by atoms with Crippen molar-refractivity contribution in [2.75, 3.05) is 26.1 Å². The molecule has 2 aromatic heterocycles. The van der Waals surface area contributed by atoms with E-state index in [0.717, 1.165) is 40.6 Å². The van der Waals surface area contributed by atoms with Crippen LogP contribution in [0.2, 0.25) is 0 Å². The molecule has 1 N–H and O–H groups in total. The van der Waals surface area contributed by atoms with Crippen molar-refractivity contribution in [2.24, 2.45) is 0 Å². The SMILES string of the molecule is COCC[C@H](Nc1ccc(-c2ccc(-n3cnc(C)c3)c(OC)c2)nn1)c1ccccc1. The Labute approximate surface area is 188 Å². The van der Waals surface area contributed by atoms with Crippen LogP contribution in [0.25, 0.3) is 16.9 Å². The number of hydrogen-bond acceptors (Lipinski definition) is 6. The van der Waals surface area contributed by atoms with Gasteiger partial charge >= 0.3 is 0 Å². The highest BCUT2D eigenvalue weighted by molar-refractivity contribution is 5.65. The summed E-state index contributed by atoms with van der Waals surface area (Å²) in [6.07, 6.45) is 4.57. The van der Waals surface area contributed by atoms with E-state index in [1.54, 1.807) is 20.5 Å². The van der Waals surface area contributed by atoms with Gasteiger partial charge in [0.2, 0.25) is 0 Å². The minimum atomic E-state index is 0.0920.